The van der Waals surface area contributed by atoms with Crippen molar-refractivity contribution in [2.75, 3.05) is 19.1 Å². The number of H-pyrrole nitrogens is 1. The van der Waals surface area contributed by atoms with Crippen molar-refractivity contribution in [3.05, 3.63) is 82.2 Å². The zero-order valence-corrected chi connectivity index (χ0v) is 19.3. The van der Waals surface area contributed by atoms with E-state index in [1.54, 1.807) is 31.5 Å². The number of rotatable bonds is 11. The van der Waals surface area contributed by atoms with E-state index < -0.39 is 5.56 Å². The van der Waals surface area contributed by atoms with Gasteiger partial charge in [-0.2, -0.15) is 10.4 Å². The Morgan fingerprint density at radius 3 is 2.76 bits per heavy atom. The number of methoxy groups -OCH3 is 1. The van der Waals surface area contributed by atoms with E-state index in [2.05, 4.69) is 34.0 Å². The molecule has 0 bridgehead atoms. The summed E-state index contributed by atoms with van der Waals surface area (Å²) in [5, 5.41) is 13.6. The molecule has 1 aromatic heterocycles. The minimum Gasteiger partial charge on any atom is -0.493 e. The first-order valence-corrected chi connectivity index (χ1v) is 10.9. The standard InChI is InChI=1S/C26H27N5O3/c1-4-6-13-34-24-20(10-5-2)14-18(15-22(24)33-3)17-28-31-26-29-23(19-11-8-7-9-12-19)21(16-27)25(32)30-26/h5,7-9,11-12,14-15,17H,2,4,6,10,13H2,1,3H3,(H2,29,30,31,32). The maximum Gasteiger partial charge on any atom is 0.270 e. The molecular weight excluding hydrogens is 430 g/mol. The maximum absolute atomic E-state index is 12.4. The summed E-state index contributed by atoms with van der Waals surface area (Å²) in [6.45, 7) is 6.54. The van der Waals surface area contributed by atoms with Crippen LogP contribution in [0, 0.1) is 11.3 Å². The van der Waals surface area contributed by atoms with Gasteiger partial charge in [-0.15, -0.1) is 6.58 Å². The third kappa shape index (κ3) is 5.90. The van der Waals surface area contributed by atoms with Gasteiger partial charge in [0, 0.05) is 11.1 Å². The molecule has 0 atom stereocenters. The lowest BCUT2D eigenvalue weighted by molar-refractivity contribution is 0.286. The zero-order valence-electron chi connectivity index (χ0n) is 19.3. The van der Waals surface area contributed by atoms with Crippen LogP contribution < -0.4 is 20.5 Å². The van der Waals surface area contributed by atoms with E-state index in [4.69, 9.17) is 9.47 Å². The molecule has 0 unspecified atom stereocenters. The highest BCUT2D eigenvalue weighted by Crippen LogP contribution is 2.33. The number of aromatic amines is 1. The van der Waals surface area contributed by atoms with Crippen LogP contribution in [-0.4, -0.2) is 29.9 Å². The predicted octanol–water partition coefficient (Wildman–Crippen LogP) is 4.67. The molecule has 1 heterocycles. The van der Waals surface area contributed by atoms with E-state index in [0.29, 0.717) is 30.1 Å². The summed E-state index contributed by atoms with van der Waals surface area (Å²) >= 11 is 0. The summed E-state index contributed by atoms with van der Waals surface area (Å²) in [6, 6.07) is 14.7. The second-order valence-corrected chi connectivity index (χ2v) is 7.39. The summed E-state index contributed by atoms with van der Waals surface area (Å²) < 4.78 is 11.5. The van der Waals surface area contributed by atoms with E-state index in [9.17, 15) is 10.1 Å². The summed E-state index contributed by atoms with van der Waals surface area (Å²) in [4.78, 5) is 19.3. The van der Waals surface area contributed by atoms with Crippen LogP contribution in [0.2, 0.25) is 0 Å². The quantitative estimate of drug-likeness (QED) is 0.187. The van der Waals surface area contributed by atoms with Crippen molar-refractivity contribution < 1.29 is 9.47 Å². The number of aromatic nitrogens is 2. The summed E-state index contributed by atoms with van der Waals surface area (Å²) in [7, 11) is 1.59. The molecule has 0 aliphatic carbocycles. The smallest absolute Gasteiger partial charge is 0.270 e. The molecule has 0 saturated heterocycles. The van der Waals surface area contributed by atoms with Crippen molar-refractivity contribution in [3.63, 3.8) is 0 Å². The van der Waals surface area contributed by atoms with Crippen LogP contribution in [0.1, 0.15) is 36.5 Å². The molecule has 0 spiro atoms. The number of benzene rings is 2. The fraction of sp³-hybridized carbons (Fsp3) is 0.231. The first-order chi connectivity index (χ1) is 16.6. The molecule has 8 nitrogen and oxygen atoms in total. The van der Waals surface area contributed by atoms with Gasteiger partial charge < -0.3 is 9.47 Å². The first kappa shape index (κ1) is 24.3. The second-order valence-electron chi connectivity index (χ2n) is 7.39. The van der Waals surface area contributed by atoms with E-state index in [1.165, 1.54) is 0 Å². The molecule has 0 aliphatic heterocycles. The number of hydrogen-bond acceptors (Lipinski definition) is 7. The molecule has 34 heavy (non-hydrogen) atoms. The van der Waals surface area contributed by atoms with Gasteiger partial charge in [0.1, 0.15) is 11.6 Å². The van der Waals surface area contributed by atoms with E-state index in [0.717, 1.165) is 24.0 Å². The van der Waals surface area contributed by atoms with Gasteiger partial charge in [-0.05, 0) is 30.5 Å². The minimum atomic E-state index is -0.544. The summed E-state index contributed by atoms with van der Waals surface area (Å²) in [5.41, 5.74) is 4.79. The van der Waals surface area contributed by atoms with Gasteiger partial charge in [-0.1, -0.05) is 49.8 Å². The van der Waals surface area contributed by atoms with Gasteiger partial charge in [-0.3, -0.25) is 9.78 Å². The number of nitrogens with one attached hydrogen (secondary N) is 2. The van der Waals surface area contributed by atoms with Crippen LogP contribution in [0.15, 0.2) is 65.0 Å². The number of nitriles is 1. The first-order valence-electron chi connectivity index (χ1n) is 10.9. The number of hydrazone groups is 1. The van der Waals surface area contributed by atoms with Gasteiger partial charge in [-0.25, -0.2) is 10.4 Å². The molecule has 2 N–H and O–H groups in total. The topological polar surface area (TPSA) is 112 Å². The third-order valence-electron chi connectivity index (χ3n) is 4.95. The Kier molecular flexibility index (Phi) is 8.58. The Morgan fingerprint density at radius 1 is 1.29 bits per heavy atom. The molecule has 0 amide bonds. The van der Waals surface area contributed by atoms with E-state index in [1.807, 2.05) is 36.4 Å². The summed E-state index contributed by atoms with van der Waals surface area (Å²) in [5.74, 6) is 1.43. The molecule has 0 radical (unpaired) electrons. The Morgan fingerprint density at radius 2 is 2.09 bits per heavy atom. The Balaban J connectivity index is 1.88. The van der Waals surface area contributed by atoms with Crippen molar-refractivity contribution in [2.24, 2.45) is 5.10 Å². The monoisotopic (exact) mass is 457 g/mol. The average Bonchev–Trinajstić information content (AvgIpc) is 2.85. The second kappa shape index (κ2) is 12.0. The highest BCUT2D eigenvalue weighted by molar-refractivity contribution is 5.82. The lowest BCUT2D eigenvalue weighted by Crippen LogP contribution is -2.16. The van der Waals surface area contributed by atoms with Crippen molar-refractivity contribution in [1.29, 1.82) is 5.26 Å². The molecule has 0 saturated carbocycles. The van der Waals surface area contributed by atoms with Crippen molar-refractivity contribution in [3.8, 4) is 28.8 Å². The molecule has 0 aliphatic rings. The Hall–Kier alpha value is -4.38. The fourth-order valence-electron chi connectivity index (χ4n) is 3.30. The highest BCUT2D eigenvalue weighted by atomic mass is 16.5. The van der Waals surface area contributed by atoms with Crippen molar-refractivity contribution >= 4 is 12.2 Å². The van der Waals surface area contributed by atoms with Crippen LogP contribution in [0.5, 0.6) is 11.5 Å². The van der Waals surface area contributed by atoms with Gasteiger partial charge in [0.05, 0.1) is 25.6 Å². The van der Waals surface area contributed by atoms with Crippen LogP contribution in [-0.2, 0) is 6.42 Å². The van der Waals surface area contributed by atoms with Gasteiger partial charge >= 0.3 is 0 Å². The van der Waals surface area contributed by atoms with Crippen LogP contribution >= 0.6 is 0 Å². The normalized spacial score (nSPS) is 10.6. The maximum atomic E-state index is 12.4. The molecule has 2 aromatic carbocycles. The largest absolute Gasteiger partial charge is 0.493 e. The average molecular weight is 458 g/mol. The third-order valence-corrected chi connectivity index (χ3v) is 4.95. The number of anilines is 1. The molecule has 0 fully saturated rings. The molecule has 8 heteroatoms. The lowest BCUT2D eigenvalue weighted by atomic mass is 10.1. The fourth-order valence-corrected chi connectivity index (χ4v) is 3.30. The predicted molar refractivity (Wildman–Crippen MR) is 134 cm³/mol. The van der Waals surface area contributed by atoms with Crippen molar-refractivity contribution in [1.82, 2.24) is 9.97 Å². The number of hydrogen-bond donors (Lipinski definition) is 2. The van der Waals surface area contributed by atoms with Gasteiger partial charge in [0.2, 0.25) is 5.95 Å². The number of allylic oxidation sites excluding steroid dienone is 1. The Bertz CT molecular complexity index is 1260. The Labute approximate surface area is 198 Å². The minimum absolute atomic E-state index is 0.0572. The highest BCUT2D eigenvalue weighted by Gasteiger charge is 2.14. The van der Waals surface area contributed by atoms with Gasteiger partial charge in [0.15, 0.2) is 11.5 Å². The zero-order chi connectivity index (χ0) is 24.3. The van der Waals surface area contributed by atoms with Crippen LogP contribution in [0.3, 0.4) is 0 Å². The number of nitrogens with zero attached hydrogens (tertiary/aromatic N) is 3. The van der Waals surface area contributed by atoms with E-state index >= 15 is 0 Å². The van der Waals surface area contributed by atoms with Gasteiger partial charge in [0.25, 0.3) is 5.56 Å². The van der Waals surface area contributed by atoms with E-state index in [-0.39, 0.29) is 17.2 Å². The molecule has 3 aromatic rings. The molecule has 174 valence electrons. The SMILES string of the molecule is C=CCc1cc(C=NNc2nc(-c3ccccc3)c(C#N)c(=O)[nH]2)cc(OC)c1OCCCC. The summed E-state index contributed by atoms with van der Waals surface area (Å²) in [6.07, 6.45) is 5.98. The van der Waals surface area contributed by atoms with Crippen LogP contribution in [0.25, 0.3) is 11.3 Å². The van der Waals surface area contributed by atoms with Crippen molar-refractivity contribution in [2.45, 2.75) is 26.2 Å². The lowest BCUT2D eigenvalue weighted by Gasteiger charge is -2.15. The molecular formula is C26H27N5O3. The molecule has 3 rings (SSSR count). The number of unbranched alkanes of at least 4 members (excludes halogenated alkanes) is 1. The number of ether oxygens (including phenoxy) is 2. The van der Waals surface area contributed by atoms with Crippen LogP contribution in [0.4, 0.5) is 5.95 Å².